The Bertz CT molecular complexity index is 389. The third-order valence-corrected chi connectivity index (χ3v) is 4.38. The first-order chi connectivity index (χ1) is 9.30. The molecule has 0 bridgehead atoms. The zero-order valence-electron chi connectivity index (χ0n) is 12.8. The van der Waals surface area contributed by atoms with E-state index in [4.69, 9.17) is 5.10 Å². The number of hydrogen-bond donors (Lipinski definition) is 1. The van der Waals surface area contributed by atoms with E-state index < -0.39 is 0 Å². The molecule has 2 rings (SSSR count). The van der Waals surface area contributed by atoms with Crippen LogP contribution in [0.4, 0.5) is 0 Å². The minimum absolute atomic E-state index is 0.863. The van der Waals surface area contributed by atoms with Crippen molar-refractivity contribution in [2.75, 3.05) is 6.54 Å². The van der Waals surface area contributed by atoms with Crippen LogP contribution in [0.1, 0.15) is 63.4 Å². The fourth-order valence-corrected chi connectivity index (χ4v) is 3.31. The topological polar surface area (TPSA) is 29.9 Å². The van der Waals surface area contributed by atoms with Crippen molar-refractivity contribution in [3.63, 3.8) is 0 Å². The monoisotopic (exact) mass is 263 g/mol. The van der Waals surface area contributed by atoms with Crippen LogP contribution in [0, 0.1) is 5.92 Å². The molecule has 0 aromatic carbocycles. The first-order valence-corrected chi connectivity index (χ1v) is 8.08. The van der Waals surface area contributed by atoms with E-state index in [1.165, 1.54) is 42.6 Å². The van der Waals surface area contributed by atoms with Crippen LogP contribution in [0.3, 0.4) is 0 Å². The van der Waals surface area contributed by atoms with E-state index in [9.17, 15) is 0 Å². The lowest BCUT2D eigenvalue weighted by molar-refractivity contribution is 0.417. The van der Waals surface area contributed by atoms with Gasteiger partial charge in [0.1, 0.15) is 0 Å². The van der Waals surface area contributed by atoms with Gasteiger partial charge in [0.25, 0.3) is 0 Å². The van der Waals surface area contributed by atoms with Crippen molar-refractivity contribution in [2.24, 2.45) is 5.92 Å². The van der Waals surface area contributed by atoms with Crippen LogP contribution in [0.5, 0.6) is 0 Å². The molecule has 0 atom stereocenters. The second-order valence-electron chi connectivity index (χ2n) is 5.69. The molecule has 1 aliphatic rings. The summed E-state index contributed by atoms with van der Waals surface area (Å²) in [5, 5.41) is 8.36. The molecule has 0 unspecified atom stereocenters. The van der Waals surface area contributed by atoms with Crippen molar-refractivity contribution in [1.82, 2.24) is 15.1 Å². The summed E-state index contributed by atoms with van der Waals surface area (Å²) < 4.78 is 2.32. The molecular formula is C16H29N3. The van der Waals surface area contributed by atoms with Crippen molar-refractivity contribution >= 4 is 0 Å². The first-order valence-electron chi connectivity index (χ1n) is 8.08. The number of nitrogens with zero attached hydrogens (tertiary/aromatic N) is 2. The summed E-state index contributed by atoms with van der Waals surface area (Å²) in [5.41, 5.74) is 4.23. The van der Waals surface area contributed by atoms with E-state index >= 15 is 0 Å². The summed E-state index contributed by atoms with van der Waals surface area (Å²) in [4.78, 5) is 0. The molecule has 108 valence electrons. The summed E-state index contributed by atoms with van der Waals surface area (Å²) in [6.45, 7) is 9.80. The molecule has 19 heavy (non-hydrogen) atoms. The molecule has 3 nitrogen and oxygen atoms in total. The van der Waals surface area contributed by atoms with Crippen LogP contribution in [-0.2, 0) is 25.9 Å². The molecule has 1 fully saturated rings. The summed E-state index contributed by atoms with van der Waals surface area (Å²) in [7, 11) is 0. The smallest absolute Gasteiger partial charge is 0.0669 e. The molecule has 0 amide bonds. The predicted molar refractivity (Wildman–Crippen MR) is 80.3 cm³/mol. The van der Waals surface area contributed by atoms with Gasteiger partial charge < -0.3 is 5.32 Å². The highest BCUT2D eigenvalue weighted by Crippen LogP contribution is 2.27. The van der Waals surface area contributed by atoms with E-state index in [2.05, 4.69) is 30.8 Å². The Morgan fingerprint density at radius 2 is 1.89 bits per heavy atom. The Labute approximate surface area is 117 Å². The lowest BCUT2D eigenvalue weighted by atomic mass is 10.1. The van der Waals surface area contributed by atoms with E-state index in [-0.39, 0.29) is 0 Å². The number of nitrogens with one attached hydrogen (secondary N) is 1. The molecule has 0 saturated heterocycles. The quantitative estimate of drug-likeness (QED) is 0.818. The largest absolute Gasteiger partial charge is 0.313 e. The number of rotatable bonds is 7. The van der Waals surface area contributed by atoms with E-state index in [0.717, 1.165) is 38.4 Å². The fraction of sp³-hybridized carbons (Fsp3) is 0.812. The van der Waals surface area contributed by atoms with Gasteiger partial charge in [-0.25, -0.2) is 0 Å². The van der Waals surface area contributed by atoms with Crippen molar-refractivity contribution in [2.45, 2.75) is 72.4 Å². The van der Waals surface area contributed by atoms with E-state index in [0.29, 0.717) is 0 Å². The van der Waals surface area contributed by atoms with Crippen LogP contribution in [0.2, 0.25) is 0 Å². The molecule has 1 heterocycles. The highest BCUT2D eigenvalue weighted by molar-refractivity contribution is 5.26. The van der Waals surface area contributed by atoms with Crippen molar-refractivity contribution in [3.8, 4) is 0 Å². The second-order valence-corrected chi connectivity index (χ2v) is 5.69. The summed E-state index contributed by atoms with van der Waals surface area (Å²) >= 11 is 0. The van der Waals surface area contributed by atoms with E-state index in [1.54, 1.807) is 0 Å². The predicted octanol–water partition coefficient (Wildman–Crippen LogP) is 3.31. The Morgan fingerprint density at radius 3 is 2.47 bits per heavy atom. The van der Waals surface area contributed by atoms with Gasteiger partial charge in [0.15, 0.2) is 0 Å². The van der Waals surface area contributed by atoms with E-state index in [1.807, 2.05) is 0 Å². The maximum atomic E-state index is 4.89. The van der Waals surface area contributed by atoms with Gasteiger partial charge in [-0.15, -0.1) is 0 Å². The highest BCUT2D eigenvalue weighted by atomic mass is 15.3. The molecule has 1 aromatic rings. The number of aryl methyl sites for hydroxylation is 1. The summed E-state index contributed by atoms with van der Waals surface area (Å²) in [5.74, 6) is 0.863. The average molecular weight is 263 g/mol. The Kier molecular flexibility index (Phi) is 5.44. The maximum absolute atomic E-state index is 4.89. The molecule has 1 saturated carbocycles. The Hall–Kier alpha value is -0.830. The van der Waals surface area contributed by atoms with Gasteiger partial charge in [0.05, 0.1) is 5.69 Å². The Morgan fingerprint density at radius 1 is 1.16 bits per heavy atom. The molecular weight excluding hydrogens is 234 g/mol. The molecule has 0 spiro atoms. The van der Waals surface area contributed by atoms with Gasteiger partial charge in [-0.2, -0.15) is 5.10 Å². The average Bonchev–Trinajstić information content (AvgIpc) is 3.04. The zero-order valence-corrected chi connectivity index (χ0v) is 12.8. The van der Waals surface area contributed by atoms with Gasteiger partial charge in [-0.1, -0.05) is 33.6 Å². The normalized spacial score (nSPS) is 16.4. The molecule has 1 aliphatic carbocycles. The minimum atomic E-state index is 0.863. The molecule has 0 aliphatic heterocycles. The highest BCUT2D eigenvalue weighted by Gasteiger charge is 2.20. The Balaban J connectivity index is 2.18. The second kappa shape index (κ2) is 7.09. The molecule has 3 heteroatoms. The first kappa shape index (κ1) is 14.6. The lowest BCUT2D eigenvalue weighted by Gasteiger charge is -2.12. The summed E-state index contributed by atoms with van der Waals surface area (Å²) in [6, 6.07) is 0. The third kappa shape index (κ3) is 3.38. The lowest BCUT2D eigenvalue weighted by Crippen LogP contribution is -2.15. The van der Waals surface area contributed by atoms with Crippen molar-refractivity contribution < 1.29 is 0 Å². The molecule has 1 N–H and O–H groups in total. The van der Waals surface area contributed by atoms with Crippen LogP contribution < -0.4 is 5.32 Å². The van der Waals surface area contributed by atoms with Crippen LogP contribution in [0.15, 0.2) is 0 Å². The van der Waals surface area contributed by atoms with Crippen LogP contribution in [-0.4, -0.2) is 16.3 Å². The molecule has 1 aromatic heterocycles. The third-order valence-electron chi connectivity index (χ3n) is 4.38. The SMILES string of the molecule is CCNCc1c(CC)nn(CC2CCCC2)c1CC. The fourth-order valence-electron chi connectivity index (χ4n) is 3.31. The van der Waals surface area contributed by atoms with Crippen LogP contribution in [0.25, 0.3) is 0 Å². The number of aromatic nitrogens is 2. The van der Waals surface area contributed by atoms with Crippen molar-refractivity contribution in [1.29, 1.82) is 0 Å². The van der Waals surface area contributed by atoms with Gasteiger partial charge in [-0.3, -0.25) is 4.68 Å². The molecule has 0 radical (unpaired) electrons. The zero-order chi connectivity index (χ0) is 13.7. The minimum Gasteiger partial charge on any atom is -0.313 e. The number of hydrogen-bond acceptors (Lipinski definition) is 2. The standard InChI is InChI=1S/C16H29N3/c1-4-15-14(11-17-6-3)16(5-2)19(18-15)12-13-9-7-8-10-13/h13,17H,4-12H2,1-3H3. The van der Waals surface area contributed by atoms with Crippen molar-refractivity contribution in [3.05, 3.63) is 17.0 Å². The van der Waals surface area contributed by atoms with Gasteiger partial charge in [-0.05, 0) is 38.1 Å². The summed E-state index contributed by atoms with van der Waals surface area (Å²) in [6.07, 6.45) is 7.77. The van der Waals surface area contributed by atoms with Gasteiger partial charge in [0, 0.05) is 24.3 Å². The van der Waals surface area contributed by atoms with Gasteiger partial charge >= 0.3 is 0 Å². The maximum Gasteiger partial charge on any atom is 0.0669 e. The van der Waals surface area contributed by atoms with Gasteiger partial charge in [0.2, 0.25) is 0 Å². The van der Waals surface area contributed by atoms with Crippen LogP contribution >= 0.6 is 0 Å².